The quantitative estimate of drug-likeness (QED) is 0.867. The van der Waals surface area contributed by atoms with Crippen molar-refractivity contribution >= 4 is 27.9 Å². The molecule has 1 aliphatic carbocycles. The average molecular weight is 288 g/mol. The summed E-state index contributed by atoms with van der Waals surface area (Å²) in [6.07, 6.45) is 2.51. The van der Waals surface area contributed by atoms with Crippen LogP contribution >= 0.6 is 11.3 Å². The third-order valence-corrected chi connectivity index (χ3v) is 4.68. The highest BCUT2D eigenvalue weighted by Crippen LogP contribution is 2.37. The third kappa shape index (κ3) is 2.18. The first-order valence-electron chi connectivity index (χ1n) is 6.60. The third-order valence-electron chi connectivity index (χ3n) is 3.49. The van der Waals surface area contributed by atoms with Crippen LogP contribution in [0.5, 0.6) is 5.75 Å². The van der Waals surface area contributed by atoms with Crippen molar-refractivity contribution in [2.45, 2.75) is 19.3 Å². The number of anilines is 2. The van der Waals surface area contributed by atoms with Gasteiger partial charge in [-0.1, -0.05) is 12.1 Å². The van der Waals surface area contributed by atoms with Gasteiger partial charge in [-0.3, -0.25) is 4.79 Å². The van der Waals surface area contributed by atoms with Crippen molar-refractivity contribution < 1.29 is 9.53 Å². The summed E-state index contributed by atoms with van der Waals surface area (Å²) >= 11 is 1.60. The summed E-state index contributed by atoms with van der Waals surface area (Å²) in [5.41, 5.74) is 1.62. The normalized spacial score (nSPS) is 14.0. The lowest BCUT2D eigenvalue weighted by molar-refractivity contribution is 0.0968. The number of ketones is 1. The molecule has 1 aromatic carbocycles. The Kier molecular flexibility index (Phi) is 3.44. The van der Waals surface area contributed by atoms with Crippen molar-refractivity contribution in [1.82, 2.24) is 4.98 Å². The van der Waals surface area contributed by atoms with Crippen LogP contribution in [0.4, 0.5) is 10.8 Å². The minimum atomic E-state index is 0.169. The van der Waals surface area contributed by atoms with Gasteiger partial charge in [0.1, 0.15) is 11.4 Å². The Morgan fingerprint density at radius 1 is 1.30 bits per heavy atom. The summed E-state index contributed by atoms with van der Waals surface area (Å²) in [5.74, 6) is 0.969. The Morgan fingerprint density at radius 2 is 2.10 bits per heavy atom. The topological polar surface area (TPSA) is 42.4 Å². The molecular weight excluding hydrogens is 272 g/mol. The molecule has 1 aromatic heterocycles. The van der Waals surface area contributed by atoms with Crippen LogP contribution in [0.3, 0.4) is 0 Å². The number of para-hydroxylation sites is 2. The molecule has 1 heterocycles. The number of benzene rings is 1. The summed E-state index contributed by atoms with van der Waals surface area (Å²) in [7, 11) is 3.61. The van der Waals surface area contributed by atoms with Crippen molar-refractivity contribution in [3.63, 3.8) is 0 Å². The molecule has 0 radical (unpaired) electrons. The van der Waals surface area contributed by atoms with E-state index in [-0.39, 0.29) is 5.78 Å². The van der Waals surface area contributed by atoms with Gasteiger partial charge >= 0.3 is 0 Å². The molecule has 0 fully saturated rings. The SMILES string of the molecule is COc1ccccc1N(C)c1nc2c(s1)CCCC2=O. The molecular formula is C15H16N2O2S. The second-order valence-corrected chi connectivity index (χ2v) is 5.84. The van der Waals surface area contributed by atoms with E-state index in [1.807, 2.05) is 36.2 Å². The van der Waals surface area contributed by atoms with E-state index in [0.717, 1.165) is 34.3 Å². The van der Waals surface area contributed by atoms with Gasteiger partial charge in [0, 0.05) is 18.3 Å². The maximum atomic E-state index is 11.9. The Morgan fingerprint density at radius 3 is 2.85 bits per heavy atom. The van der Waals surface area contributed by atoms with Gasteiger partial charge in [-0.05, 0) is 25.0 Å². The van der Waals surface area contributed by atoms with E-state index in [0.29, 0.717) is 12.1 Å². The highest BCUT2D eigenvalue weighted by atomic mass is 32.1. The van der Waals surface area contributed by atoms with Gasteiger partial charge in [0.25, 0.3) is 0 Å². The summed E-state index contributed by atoms with van der Waals surface area (Å²) < 4.78 is 5.38. The molecule has 0 amide bonds. The fourth-order valence-electron chi connectivity index (χ4n) is 2.41. The molecule has 0 saturated carbocycles. The molecule has 0 atom stereocenters. The first-order chi connectivity index (χ1) is 9.70. The number of hydrogen-bond donors (Lipinski definition) is 0. The number of aromatic nitrogens is 1. The molecule has 4 nitrogen and oxygen atoms in total. The number of carbonyl (C=O) groups is 1. The van der Waals surface area contributed by atoms with Gasteiger partial charge in [-0.2, -0.15) is 0 Å². The molecule has 0 bridgehead atoms. The maximum Gasteiger partial charge on any atom is 0.190 e. The smallest absolute Gasteiger partial charge is 0.190 e. The monoisotopic (exact) mass is 288 g/mol. The van der Waals surface area contributed by atoms with Gasteiger partial charge in [0.15, 0.2) is 10.9 Å². The van der Waals surface area contributed by atoms with E-state index in [2.05, 4.69) is 4.98 Å². The van der Waals surface area contributed by atoms with Crippen molar-refractivity contribution in [3.8, 4) is 5.75 Å². The highest BCUT2D eigenvalue weighted by Gasteiger charge is 2.24. The number of fused-ring (bicyclic) bond motifs is 1. The molecule has 1 aliphatic rings. The fourth-order valence-corrected chi connectivity index (χ4v) is 3.50. The summed E-state index contributed by atoms with van der Waals surface area (Å²) in [4.78, 5) is 19.5. The van der Waals surface area contributed by atoms with E-state index in [9.17, 15) is 4.79 Å². The molecule has 0 unspecified atom stereocenters. The van der Waals surface area contributed by atoms with Crippen LogP contribution in [0, 0.1) is 0 Å². The molecule has 3 rings (SSSR count). The second-order valence-electron chi connectivity index (χ2n) is 4.78. The molecule has 0 spiro atoms. The van der Waals surface area contributed by atoms with E-state index < -0.39 is 0 Å². The minimum Gasteiger partial charge on any atom is -0.495 e. The predicted molar refractivity (Wildman–Crippen MR) is 80.4 cm³/mol. The van der Waals surface area contributed by atoms with Crippen molar-refractivity contribution in [2.75, 3.05) is 19.1 Å². The van der Waals surface area contributed by atoms with Gasteiger partial charge < -0.3 is 9.64 Å². The van der Waals surface area contributed by atoms with E-state index in [1.165, 1.54) is 0 Å². The summed E-state index contributed by atoms with van der Waals surface area (Å²) in [5, 5.41) is 0.842. The molecule has 0 N–H and O–H groups in total. The van der Waals surface area contributed by atoms with Crippen LogP contribution < -0.4 is 9.64 Å². The second kappa shape index (κ2) is 5.25. The minimum absolute atomic E-state index is 0.169. The number of ether oxygens (including phenoxy) is 1. The van der Waals surface area contributed by atoms with Crippen LogP contribution in [0.1, 0.15) is 28.2 Å². The summed E-state index contributed by atoms with van der Waals surface area (Å²) in [6, 6.07) is 7.81. The van der Waals surface area contributed by atoms with Gasteiger partial charge in [0.05, 0.1) is 12.8 Å². The number of nitrogens with zero attached hydrogens (tertiary/aromatic N) is 2. The number of aryl methyl sites for hydroxylation is 1. The molecule has 104 valence electrons. The van der Waals surface area contributed by atoms with Crippen molar-refractivity contribution in [1.29, 1.82) is 0 Å². The number of thiazole rings is 1. The van der Waals surface area contributed by atoms with Crippen molar-refractivity contribution in [2.24, 2.45) is 0 Å². The van der Waals surface area contributed by atoms with Gasteiger partial charge in [0.2, 0.25) is 0 Å². The van der Waals surface area contributed by atoms with Crippen LogP contribution in [-0.4, -0.2) is 24.9 Å². The van der Waals surface area contributed by atoms with E-state index >= 15 is 0 Å². The lowest BCUT2D eigenvalue weighted by Gasteiger charge is -2.18. The Balaban J connectivity index is 1.99. The van der Waals surface area contributed by atoms with Crippen LogP contribution in [0.2, 0.25) is 0 Å². The standard InChI is InChI=1S/C15H16N2O2S/c1-17(10-6-3-4-8-12(10)19-2)15-16-14-11(18)7-5-9-13(14)20-15/h3-4,6,8H,5,7,9H2,1-2H3. The van der Waals surface area contributed by atoms with Crippen LogP contribution in [0.15, 0.2) is 24.3 Å². The molecule has 5 heteroatoms. The first-order valence-corrected chi connectivity index (χ1v) is 7.42. The zero-order chi connectivity index (χ0) is 14.1. The number of rotatable bonds is 3. The summed E-state index contributed by atoms with van der Waals surface area (Å²) in [6.45, 7) is 0. The number of Topliss-reactive ketones (excluding diaryl/α,β-unsaturated/α-hetero) is 1. The average Bonchev–Trinajstić information content (AvgIpc) is 2.92. The number of hydrogen-bond acceptors (Lipinski definition) is 5. The number of carbonyl (C=O) groups excluding carboxylic acids is 1. The van der Waals surface area contributed by atoms with E-state index in [4.69, 9.17) is 4.74 Å². The molecule has 2 aromatic rings. The zero-order valence-electron chi connectivity index (χ0n) is 11.5. The van der Waals surface area contributed by atoms with Crippen LogP contribution in [-0.2, 0) is 6.42 Å². The fraction of sp³-hybridized carbons (Fsp3) is 0.333. The molecule has 20 heavy (non-hydrogen) atoms. The Labute approximate surface area is 122 Å². The number of methoxy groups -OCH3 is 1. The Bertz CT molecular complexity index is 651. The van der Waals surface area contributed by atoms with Crippen LogP contribution in [0.25, 0.3) is 0 Å². The molecule has 0 aliphatic heterocycles. The Hall–Kier alpha value is -1.88. The highest BCUT2D eigenvalue weighted by molar-refractivity contribution is 7.16. The molecule has 0 saturated heterocycles. The van der Waals surface area contributed by atoms with Gasteiger partial charge in [-0.25, -0.2) is 4.98 Å². The largest absolute Gasteiger partial charge is 0.495 e. The first kappa shape index (κ1) is 13.1. The maximum absolute atomic E-state index is 11.9. The predicted octanol–water partition coefficient (Wildman–Crippen LogP) is 3.44. The zero-order valence-corrected chi connectivity index (χ0v) is 12.4. The van der Waals surface area contributed by atoms with Crippen molar-refractivity contribution in [3.05, 3.63) is 34.8 Å². The lowest BCUT2D eigenvalue weighted by Crippen LogP contribution is -2.12. The van der Waals surface area contributed by atoms with E-state index in [1.54, 1.807) is 18.4 Å². The lowest BCUT2D eigenvalue weighted by atomic mass is 10.0. The van der Waals surface area contributed by atoms with Gasteiger partial charge in [-0.15, -0.1) is 11.3 Å².